The lowest BCUT2D eigenvalue weighted by Crippen LogP contribution is -2.36. The summed E-state index contributed by atoms with van der Waals surface area (Å²) in [5.74, 6) is 0. The van der Waals surface area contributed by atoms with Gasteiger partial charge in [0.25, 0.3) is 12.0 Å². The van der Waals surface area contributed by atoms with E-state index in [1.54, 1.807) is 23.0 Å². The van der Waals surface area contributed by atoms with E-state index in [-0.39, 0.29) is 18.1 Å². The first-order valence-electron chi connectivity index (χ1n) is 9.33. The highest BCUT2D eigenvalue weighted by atomic mass is 32.1. The zero-order chi connectivity index (χ0) is 21.1. The molecule has 0 aliphatic carbocycles. The van der Waals surface area contributed by atoms with Crippen LogP contribution in [-0.4, -0.2) is 47.4 Å². The molecule has 1 atom stereocenters. The molecule has 4 aromatic rings. The van der Waals surface area contributed by atoms with Crippen LogP contribution in [0.1, 0.15) is 33.6 Å². The summed E-state index contributed by atoms with van der Waals surface area (Å²) in [5.41, 5.74) is 4.04. The number of imidazole rings is 1. The molecular weight excluding hydrogens is 404 g/mol. The summed E-state index contributed by atoms with van der Waals surface area (Å²) in [6.07, 6.45) is 8.15. The lowest BCUT2D eigenvalue weighted by Gasteiger charge is -2.34. The summed E-state index contributed by atoms with van der Waals surface area (Å²) in [5, 5.41) is 6.89. The largest absolute Gasteiger partial charge is 0.483 e. The monoisotopic (exact) mass is 424 g/mol. The van der Waals surface area contributed by atoms with E-state index in [4.69, 9.17) is 14.9 Å². The van der Waals surface area contributed by atoms with Crippen molar-refractivity contribution in [2.45, 2.75) is 25.9 Å². The summed E-state index contributed by atoms with van der Waals surface area (Å²) >= 11 is 1.54. The molecular formula is C20H20N6O3S. The Morgan fingerprint density at radius 2 is 2.27 bits per heavy atom. The first kappa shape index (κ1) is 19.9. The van der Waals surface area contributed by atoms with Gasteiger partial charge in [0.15, 0.2) is 4.96 Å². The fraction of sp³-hybridized carbons (Fsp3) is 0.250. The highest BCUT2D eigenvalue weighted by molar-refractivity contribution is 7.16. The molecule has 9 nitrogen and oxygen atoms in total. The smallest absolute Gasteiger partial charge is 0.290 e. The van der Waals surface area contributed by atoms with Gasteiger partial charge in [-0.1, -0.05) is 6.07 Å². The van der Waals surface area contributed by atoms with E-state index in [9.17, 15) is 4.79 Å². The van der Waals surface area contributed by atoms with Crippen LogP contribution in [0.4, 0.5) is 0 Å². The molecule has 1 aliphatic heterocycles. The van der Waals surface area contributed by atoms with E-state index in [1.807, 2.05) is 25.4 Å². The van der Waals surface area contributed by atoms with Crippen LogP contribution in [0.2, 0.25) is 0 Å². The van der Waals surface area contributed by atoms with Crippen molar-refractivity contribution in [3.8, 4) is 0 Å². The second-order valence-electron chi connectivity index (χ2n) is 6.86. The van der Waals surface area contributed by atoms with Crippen molar-refractivity contribution >= 4 is 22.8 Å². The third-order valence-electron chi connectivity index (χ3n) is 4.93. The Balaban J connectivity index is 0.000000687. The van der Waals surface area contributed by atoms with Crippen molar-refractivity contribution < 1.29 is 9.90 Å². The quantitative estimate of drug-likeness (QED) is 0.483. The summed E-state index contributed by atoms with van der Waals surface area (Å²) < 4.78 is 1.62. The lowest BCUT2D eigenvalue weighted by molar-refractivity contribution is -0.122. The molecule has 0 bridgehead atoms. The summed E-state index contributed by atoms with van der Waals surface area (Å²) in [7, 11) is 0. The van der Waals surface area contributed by atoms with Gasteiger partial charge in [0.2, 0.25) is 0 Å². The molecule has 5 rings (SSSR count). The van der Waals surface area contributed by atoms with Crippen molar-refractivity contribution in [2.75, 3.05) is 6.54 Å². The number of fused-ring (bicyclic) bond motifs is 2. The van der Waals surface area contributed by atoms with Gasteiger partial charge in [0, 0.05) is 54.7 Å². The first-order chi connectivity index (χ1) is 14.6. The average Bonchev–Trinajstić information content (AvgIpc) is 3.35. The van der Waals surface area contributed by atoms with Gasteiger partial charge in [0.05, 0.1) is 23.8 Å². The van der Waals surface area contributed by atoms with E-state index in [2.05, 4.69) is 25.9 Å². The second-order valence-corrected chi connectivity index (χ2v) is 8.07. The average molecular weight is 424 g/mol. The standard InChI is InChI=1S/C19H18N6OS.CH2O2/c1-12-9-25-16(26)7-14(23-19(25)27-12)10-24-6-4-15-17(22-11-21-15)18(24)13-3-2-5-20-8-13;2-1-3/h2-3,5,7-9,11,18H,4,6,10H2,1H3,(H,21,22);1H,(H,2,3). The predicted octanol–water partition coefficient (Wildman–Crippen LogP) is 2.03. The van der Waals surface area contributed by atoms with E-state index < -0.39 is 0 Å². The van der Waals surface area contributed by atoms with E-state index in [1.165, 1.54) is 11.3 Å². The Labute approximate surface area is 175 Å². The maximum atomic E-state index is 12.4. The molecule has 2 N–H and O–H groups in total. The van der Waals surface area contributed by atoms with Crippen LogP contribution in [-0.2, 0) is 17.8 Å². The van der Waals surface area contributed by atoms with Crippen molar-refractivity contribution in [1.82, 2.24) is 29.2 Å². The van der Waals surface area contributed by atoms with Crippen LogP contribution < -0.4 is 5.56 Å². The van der Waals surface area contributed by atoms with Gasteiger partial charge in [0.1, 0.15) is 0 Å². The minimum Gasteiger partial charge on any atom is -0.483 e. The highest BCUT2D eigenvalue weighted by Gasteiger charge is 2.31. The number of carbonyl (C=O) groups is 1. The third-order valence-corrected chi connectivity index (χ3v) is 5.82. The number of H-pyrrole nitrogens is 1. The number of rotatable bonds is 3. The Bertz CT molecular complexity index is 1220. The molecule has 5 heterocycles. The second kappa shape index (κ2) is 8.56. The van der Waals surface area contributed by atoms with Crippen LogP contribution in [0.15, 0.2) is 47.9 Å². The molecule has 1 unspecified atom stereocenters. The molecule has 4 aromatic heterocycles. The van der Waals surface area contributed by atoms with E-state index >= 15 is 0 Å². The lowest BCUT2D eigenvalue weighted by atomic mass is 9.96. The van der Waals surface area contributed by atoms with E-state index in [0.717, 1.165) is 45.4 Å². The van der Waals surface area contributed by atoms with Crippen LogP contribution in [0.3, 0.4) is 0 Å². The van der Waals surface area contributed by atoms with Gasteiger partial charge < -0.3 is 10.1 Å². The van der Waals surface area contributed by atoms with Gasteiger partial charge in [-0.2, -0.15) is 0 Å². The minimum atomic E-state index is -0.250. The van der Waals surface area contributed by atoms with Crippen molar-refractivity contribution in [3.63, 3.8) is 0 Å². The molecule has 10 heteroatoms. The van der Waals surface area contributed by atoms with Crippen LogP contribution in [0, 0.1) is 6.92 Å². The fourth-order valence-electron chi connectivity index (χ4n) is 3.75. The predicted molar refractivity (Wildman–Crippen MR) is 112 cm³/mol. The molecule has 154 valence electrons. The zero-order valence-corrected chi connectivity index (χ0v) is 17.0. The number of carboxylic acid groups (broad SMARTS) is 1. The van der Waals surface area contributed by atoms with Crippen LogP contribution in [0.5, 0.6) is 0 Å². The Kier molecular flexibility index (Phi) is 5.68. The molecule has 0 radical (unpaired) electrons. The molecule has 0 spiro atoms. The molecule has 0 saturated heterocycles. The van der Waals surface area contributed by atoms with Gasteiger partial charge >= 0.3 is 0 Å². The maximum absolute atomic E-state index is 12.4. The molecule has 30 heavy (non-hydrogen) atoms. The fourth-order valence-corrected chi connectivity index (χ4v) is 4.60. The molecule has 0 amide bonds. The third kappa shape index (κ3) is 3.87. The number of aromatic amines is 1. The normalized spacial score (nSPS) is 16.0. The molecule has 0 fully saturated rings. The van der Waals surface area contributed by atoms with Crippen molar-refractivity contribution in [3.05, 3.63) is 81.0 Å². The van der Waals surface area contributed by atoms with Crippen molar-refractivity contribution in [1.29, 1.82) is 0 Å². The minimum absolute atomic E-state index is 0.000904. The maximum Gasteiger partial charge on any atom is 0.290 e. The number of thiazole rings is 1. The number of nitrogens with zero attached hydrogens (tertiary/aromatic N) is 5. The first-order valence-corrected chi connectivity index (χ1v) is 10.1. The number of pyridine rings is 1. The topological polar surface area (TPSA) is 116 Å². The van der Waals surface area contributed by atoms with Crippen LogP contribution in [0.25, 0.3) is 4.96 Å². The Morgan fingerprint density at radius 1 is 1.43 bits per heavy atom. The Hall–Kier alpha value is -3.37. The Morgan fingerprint density at radius 3 is 3.03 bits per heavy atom. The van der Waals surface area contributed by atoms with Crippen molar-refractivity contribution in [2.24, 2.45) is 0 Å². The number of hydrogen-bond acceptors (Lipinski definition) is 7. The number of hydrogen-bond donors (Lipinski definition) is 2. The van der Waals surface area contributed by atoms with Gasteiger partial charge in [-0.15, -0.1) is 11.3 Å². The zero-order valence-electron chi connectivity index (χ0n) is 16.2. The molecule has 0 saturated carbocycles. The summed E-state index contributed by atoms with van der Waals surface area (Å²) in [4.78, 5) is 41.8. The molecule has 1 aliphatic rings. The van der Waals surface area contributed by atoms with E-state index in [0.29, 0.717) is 6.54 Å². The number of aryl methyl sites for hydroxylation is 1. The SMILES string of the molecule is Cc1cn2c(=O)cc(CN3CCc4[nH]cnc4C3c3cccnc3)nc2s1.O=CO. The highest BCUT2D eigenvalue weighted by Crippen LogP contribution is 2.33. The summed E-state index contributed by atoms with van der Waals surface area (Å²) in [6.45, 7) is 3.19. The van der Waals surface area contributed by atoms with Crippen LogP contribution >= 0.6 is 11.3 Å². The number of nitrogens with one attached hydrogen (secondary N) is 1. The van der Waals surface area contributed by atoms with Gasteiger partial charge in [-0.25, -0.2) is 9.97 Å². The van der Waals surface area contributed by atoms with Gasteiger partial charge in [-0.05, 0) is 18.6 Å². The summed E-state index contributed by atoms with van der Waals surface area (Å²) in [6, 6.07) is 5.65. The number of aromatic nitrogens is 5. The molecule has 0 aromatic carbocycles. The van der Waals surface area contributed by atoms with Gasteiger partial charge in [-0.3, -0.25) is 23.9 Å².